The highest BCUT2D eigenvalue weighted by Crippen LogP contribution is 2.29. The Morgan fingerprint density at radius 1 is 1.22 bits per heavy atom. The number of aliphatic carboxylic acids is 1. The number of hydrogen-bond acceptors (Lipinski definition) is 3. The topological polar surface area (TPSA) is 63.6 Å². The highest BCUT2D eigenvalue weighted by Gasteiger charge is 2.43. The van der Waals surface area contributed by atoms with Gasteiger partial charge in [0.2, 0.25) is 0 Å². The van der Waals surface area contributed by atoms with Crippen LogP contribution in [0.1, 0.15) is 52.4 Å². The second-order valence-electron chi connectivity index (χ2n) is 4.30. The van der Waals surface area contributed by atoms with Gasteiger partial charge >= 0.3 is 11.9 Å². The Morgan fingerprint density at radius 3 is 2.28 bits per heavy atom. The van der Waals surface area contributed by atoms with Crippen molar-refractivity contribution >= 4 is 43.8 Å². The van der Waals surface area contributed by atoms with Crippen LogP contribution >= 0.6 is 31.9 Å². The molecule has 0 rings (SSSR count). The van der Waals surface area contributed by atoms with Gasteiger partial charge in [0.15, 0.2) is 0 Å². The summed E-state index contributed by atoms with van der Waals surface area (Å²) in [7, 11) is 0. The smallest absolute Gasteiger partial charge is 0.345 e. The standard InChI is InChI=1S/C12H20Br2O4/c1-3-4-5-6-7-8-9(2)18-11(17)12(13,14)10(15)16/h9H,3-8H2,1-2H3,(H,15,16). The van der Waals surface area contributed by atoms with E-state index in [1.807, 2.05) is 0 Å². The number of carbonyl (C=O) groups is 2. The highest BCUT2D eigenvalue weighted by atomic mass is 79.9. The molecule has 0 aromatic rings. The summed E-state index contributed by atoms with van der Waals surface area (Å²) in [6, 6.07) is 0. The number of esters is 1. The number of carboxylic acids is 1. The quantitative estimate of drug-likeness (QED) is 0.282. The van der Waals surface area contributed by atoms with E-state index in [-0.39, 0.29) is 6.10 Å². The maximum atomic E-state index is 11.6. The first-order valence-corrected chi connectivity index (χ1v) is 7.73. The molecule has 0 fully saturated rings. The van der Waals surface area contributed by atoms with Gasteiger partial charge in [-0.15, -0.1) is 0 Å². The Bertz CT molecular complexity index is 279. The van der Waals surface area contributed by atoms with Crippen LogP contribution in [0.3, 0.4) is 0 Å². The lowest BCUT2D eigenvalue weighted by Crippen LogP contribution is -2.37. The number of carboxylic acid groups (broad SMARTS) is 1. The minimum atomic E-state index is -1.84. The molecular weight excluding hydrogens is 368 g/mol. The van der Waals surface area contributed by atoms with Gasteiger partial charge in [-0.3, -0.25) is 0 Å². The monoisotopic (exact) mass is 386 g/mol. The van der Waals surface area contributed by atoms with Crippen molar-refractivity contribution in [1.29, 1.82) is 0 Å². The lowest BCUT2D eigenvalue weighted by atomic mass is 10.1. The van der Waals surface area contributed by atoms with E-state index in [2.05, 4.69) is 38.8 Å². The predicted octanol–water partition coefficient (Wildman–Crippen LogP) is 3.85. The van der Waals surface area contributed by atoms with Gasteiger partial charge in [-0.05, 0) is 51.6 Å². The zero-order valence-corrected chi connectivity index (χ0v) is 13.9. The van der Waals surface area contributed by atoms with Gasteiger partial charge in [-0.1, -0.05) is 32.6 Å². The molecule has 0 aliphatic carbocycles. The summed E-state index contributed by atoms with van der Waals surface area (Å²) >= 11 is 5.57. The van der Waals surface area contributed by atoms with Crippen molar-refractivity contribution < 1.29 is 19.4 Å². The second-order valence-corrected chi connectivity index (χ2v) is 7.74. The van der Waals surface area contributed by atoms with Crippen LogP contribution < -0.4 is 0 Å². The minimum absolute atomic E-state index is 0.270. The summed E-state index contributed by atoms with van der Waals surface area (Å²) in [6.45, 7) is 3.93. The Hall–Kier alpha value is -0.100. The van der Waals surface area contributed by atoms with Crippen molar-refractivity contribution in [3.63, 3.8) is 0 Å². The molecule has 0 bridgehead atoms. The Balaban J connectivity index is 3.91. The summed E-state index contributed by atoms with van der Waals surface area (Å²) in [5.41, 5.74) is 0. The van der Waals surface area contributed by atoms with Gasteiger partial charge in [-0.25, -0.2) is 9.59 Å². The number of rotatable bonds is 9. The van der Waals surface area contributed by atoms with Crippen LogP contribution in [-0.2, 0) is 14.3 Å². The van der Waals surface area contributed by atoms with Gasteiger partial charge < -0.3 is 9.84 Å². The minimum Gasteiger partial charge on any atom is -0.479 e. The molecule has 18 heavy (non-hydrogen) atoms. The summed E-state index contributed by atoms with van der Waals surface area (Å²) in [6.07, 6.45) is 6.19. The van der Waals surface area contributed by atoms with Crippen molar-refractivity contribution in [2.75, 3.05) is 0 Å². The third kappa shape index (κ3) is 6.73. The third-order valence-corrected chi connectivity index (χ3v) is 3.87. The van der Waals surface area contributed by atoms with Crippen molar-refractivity contribution in [3.8, 4) is 0 Å². The maximum absolute atomic E-state index is 11.6. The molecule has 0 aliphatic heterocycles. The molecule has 0 aromatic carbocycles. The van der Waals surface area contributed by atoms with Crippen molar-refractivity contribution in [2.45, 2.75) is 61.7 Å². The number of carbonyl (C=O) groups excluding carboxylic acids is 1. The number of ether oxygens (including phenoxy) is 1. The average Bonchev–Trinajstić information content (AvgIpc) is 2.28. The van der Waals surface area contributed by atoms with E-state index >= 15 is 0 Å². The van der Waals surface area contributed by atoms with Crippen molar-refractivity contribution in [3.05, 3.63) is 0 Å². The van der Waals surface area contributed by atoms with Gasteiger partial charge in [0.25, 0.3) is 3.23 Å². The molecule has 0 spiro atoms. The molecule has 1 atom stereocenters. The summed E-state index contributed by atoms with van der Waals surface area (Å²) in [5, 5.41) is 8.80. The first-order chi connectivity index (χ1) is 8.32. The summed E-state index contributed by atoms with van der Waals surface area (Å²) < 4.78 is 3.23. The molecule has 0 amide bonds. The first kappa shape index (κ1) is 17.9. The van der Waals surface area contributed by atoms with E-state index < -0.39 is 15.2 Å². The third-order valence-electron chi connectivity index (χ3n) is 2.55. The molecule has 6 heteroatoms. The Labute approximate surface area is 125 Å². The molecular formula is C12H20Br2O4. The fourth-order valence-electron chi connectivity index (χ4n) is 1.44. The van der Waals surface area contributed by atoms with Gasteiger partial charge in [0.05, 0.1) is 6.10 Å². The van der Waals surface area contributed by atoms with E-state index in [0.29, 0.717) is 0 Å². The second kappa shape index (κ2) is 8.91. The van der Waals surface area contributed by atoms with Crippen LogP contribution in [0.5, 0.6) is 0 Å². The molecule has 1 N–H and O–H groups in total. The molecule has 0 saturated heterocycles. The van der Waals surface area contributed by atoms with Crippen LogP contribution in [0.2, 0.25) is 0 Å². The molecule has 0 radical (unpaired) electrons. The normalized spacial score (nSPS) is 13.1. The van der Waals surface area contributed by atoms with E-state index in [9.17, 15) is 9.59 Å². The van der Waals surface area contributed by atoms with Gasteiger partial charge in [-0.2, -0.15) is 0 Å². The number of alkyl halides is 2. The highest BCUT2D eigenvalue weighted by molar-refractivity contribution is 9.26. The van der Waals surface area contributed by atoms with Gasteiger partial charge in [0.1, 0.15) is 0 Å². The van der Waals surface area contributed by atoms with Crippen molar-refractivity contribution in [2.24, 2.45) is 0 Å². The van der Waals surface area contributed by atoms with E-state index in [4.69, 9.17) is 9.84 Å². The predicted molar refractivity (Wildman–Crippen MR) is 77.2 cm³/mol. The number of unbranched alkanes of at least 4 members (excludes halogenated alkanes) is 4. The zero-order chi connectivity index (χ0) is 14.2. The number of hydrogen-bond donors (Lipinski definition) is 1. The average molecular weight is 388 g/mol. The molecule has 106 valence electrons. The van der Waals surface area contributed by atoms with E-state index in [1.165, 1.54) is 19.3 Å². The van der Waals surface area contributed by atoms with Crippen LogP contribution in [0, 0.1) is 0 Å². The van der Waals surface area contributed by atoms with Crippen LogP contribution in [0.15, 0.2) is 0 Å². The fourth-order valence-corrected chi connectivity index (χ4v) is 1.63. The van der Waals surface area contributed by atoms with Crippen LogP contribution in [0.25, 0.3) is 0 Å². The lowest BCUT2D eigenvalue weighted by molar-refractivity contribution is -0.154. The van der Waals surface area contributed by atoms with E-state index in [1.54, 1.807) is 6.92 Å². The Kier molecular flexibility index (Phi) is 8.86. The zero-order valence-electron chi connectivity index (χ0n) is 10.7. The number of halogens is 2. The maximum Gasteiger partial charge on any atom is 0.345 e. The fraction of sp³-hybridized carbons (Fsp3) is 0.833. The molecule has 0 heterocycles. The van der Waals surface area contributed by atoms with Crippen LogP contribution in [0.4, 0.5) is 0 Å². The lowest BCUT2D eigenvalue weighted by Gasteiger charge is -2.18. The SMILES string of the molecule is CCCCCCCC(C)OC(=O)C(Br)(Br)C(=O)O. The molecule has 0 saturated carbocycles. The molecule has 0 aliphatic rings. The van der Waals surface area contributed by atoms with Gasteiger partial charge in [0, 0.05) is 0 Å². The largest absolute Gasteiger partial charge is 0.479 e. The van der Waals surface area contributed by atoms with E-state index in [0.717, 1.165) is 19.3 Å². The Morgan fingerprint density at radius 2 is 1.78 bits per heavy atom. The summed E-state index contributed by atoms with van der Waals surface area (Å²) in [5.74, 6) is -2.14. The molecule has 0 aromatic heterocycles. The van der Waals surface area contributed by atoms with Crippen molar-refractivity contribution in [1.82, 2.24) is 0 Å². The summed E-state index contributed by atoms with van der Waals surface area (Å²) in [4.78, 5) is 22.3. The van der Waals surface area contributed by atoms with Crippen LogP contribution in [-0.4, -0.2) is 26.4 Å². The first-order valence-electron chi connectivity index (χ1n) is 6.14. The molecule has 1 unspecified atom stereocenters. The molecule has 4 nitrogen and oxygen atoms in total.